The molecule has 22 nitrogen and oxygen atoms in total. The average molecular weight is 1230 g/mol. The second-order valence-electron chi connectivity index (χ2n) is 23.7. The highest BCUT2D eigenvalue weighted by atomic mass is 16.6. The number of imide groups is 1. The van der Waals surface area contributed by atoms with E-state index in [1.807, 2.05) is 0 Å². The van der Waals surface area contributed by atoms with Crippen LogP contribution in [-0.4, -0.2) is 135 Å². The molecule has 1 saturated heterocycles. The van der Waals surface area contributed by atoms with E-state index in [0.717, 1.165) is 18.7 Å². The van der Waals surface area contributed by atoms with Gasteiger partial charge in [0.05, 0.1) is 47.4 Å². The third kappa shape index (κ3) is 11.8. The van der Waals surface area contributed by atoms with Crippen LogP contribution in [0.4, 0.5) is 0 Å². The van der Waals surface area contributed by atoms with E-state index in [4.69, 9.17) is 28.4 Å². The van der Waals surface area contributed by atoms with E-state index in [9.17, 15) is 48.6 Å². The number of esters is 5. The Hall–Kier alpha value is -9.77. The normalized spacial score (nSPS) is 26.4. The molecule has 4 amide bonds. The number of ether oxygens (including phenoxy) is 6. The number of Topliss-reactive ketones (excluding diaryl/α,β-unsaturated/α-hetero) is 1. The summed E-state index contributed by atoms with van der Waals surface area (Å²) >= 11 is 0. The van der Waals surface area contributed by atoms with Gasteiger partial charge in [0.25, 0.3) is 23.6 Å². The first kappa shape index (κ1) is 63.3. The van der Waals surface area contributed by atoms with Gasteiger partial charge in [-0.05, 0) is 97.1 Å². The smallest absolute Gasteiger partial charge is 0.350 e. The van der Waals surface area contributed by atoms with Crippen LogP contribution in [0.2, 0.25) is 0 Å². The van der Waals surface area contributed by atoms with Gasteiger partial charge in [-0.3, -0.25) is 38.5 Å². The van der Waals surface area contributed by atoms with Crippen LogP contribution < -0.4 is 10.7 Å². The molecule has 90 heavy (non-hydrogen) atoms. The Morgan fingerprint density at radius 3 is 1.82 bits per heavy atom. The maximum absolute atomic E-state index is 15.9. The number of amides is 4. The lowest BCUT2D eigenvalue weighted by Gasteiger charge is -2.67. The van der Waals surface area contributed by atoms with Gasteiger partial charge in [0.15, 0.2) is 17.5 Å². The van der Waals surface area contributed by atoms with E-state index in [1.165, 1.54) is 101 Å². The van der Waals surface area contributed by atoms with Crippen molar-refractivity contribution in [3.63, 3.8) is 0 Å². The van der Waals surface area contributed by atoms with Gasteiger partial charge < -0.3 is 44.0 Å². The van der Waals surface area contributed by atoms with E-state index in [-0.39, 0.29) is 58.5 Å². The topological polar surface area (TPSA) is 306 Å². The molecule has 3 fully saturated rings. The van der Waals surface area contributed by atoms with Gasteiger partial charge in [0.2, 0.25) is 6.10 Å². The number of hydrogen-bond donors (Lipinski definition) is 4. The molecule has 22 heteroatoms. The first-order valence-electron chi connectivity index (χ1n) is 29.1. The summed E-state index contributed by atoms with van der Waals surface area (Å²) in [5.74, 6) is -9.87. The van der Waals surface area contributed by atoms with Crippen LogP contribution in [0.3, 0.4) is 0 Å². The standard InChI is InChI=1S/C68H66N4O18/c1-37-48(34-68(84)59(89-63(82)46-21-15-10-16-22-46)57-66(7,49(75)33-50-67(57,36-85-50)90-40(4)74)58(78)55(86-39(3)73)53(37)65(68,5)6)87-64(83)56(54(43-17-11-8-12-18-43)69-60(79)44-19-13-9-14-20-44)88-62(81)47-29-27-42(28-30-47)38(2)70-71-61(80)45-25-23-41(24-26-45)35-72-51(76)31-32-52(72)77/h8-32,48-50,54-57,59,75,84H,33-36H2,1-7H3,(H,69,79)(H,71,80)/b70-38+/t48-,49-,50+,54-,55+,56+,57-,59-,66+,67-,68+/m0/s1. The number of hydrogen-bond acceptors (Lipinski definition) is 19. The Balaban J connectivity index is 1.01. The Morgan fingerprint density at radius 2 is 1.24 bits per heavy atom. The Kier molecular flexibility index (Phi) is 17.6. The monoisotopic (exact) mass is 1230 g/mol. The molecule has 3 aliphatic carbocycles. The van der Waals surface area contributed by atoms with Crippen LogP contribution in [0.5, 0.6) is 0 Å². The van der Waals surface area contributed by atoms with Crippen molar-refractivity contribution in [3.05, 3.63) is 202 Å². The summed E-state index contributed by atoms with van der Waals surface area (Å²) in [6.45, 7) is 9.36. The minimum Gasteiger partial charge on any atom is -0.455 e. The van der Waals surface area contributed by atoms with E-state index < -0.39 is 136 Å². The highest BCUT2D eigenvalue weighted by molar-refractivity contribution is 6.13. The zero-order valence-electron chi connectivity index (χ0n) is 50.2. The van der Waals surface area contributed by atoms with Gasteiger partial charge in [-0.25, -0.2) is 19.8 Å². The summed E-state index contributed by atoms with van der Waals surface area (Å²) in [7, 11) is 0. The summed E-state index contributed by atoms with van der Waals surface area (Å²) in [6.07, 6.45) is -8.92. The van der Waals surface area contributed by atoms with Gasteiger partial charge in [-0.15, -0.1) is 0 Å². The first-order chi connectivity index (χ1) is 42.8. The van der Waals surface area contributed by atoms with Crippen molar-refractivity contribution in [2.24, 2.45) is 21.8 Å². The van der Waals surface area contributed by atoms with Crippen molar-refractivity contribution in [3.8, 4) is 0 Å². The van der Waals surface area contributed by atoms with Crippen molar-refractivity contribution in [2.45, 2.75) is 122 Å². The Labute approximate surface area is 517 Å². The quantitative estimate of drug-likeness (QED) is 0.0202. The molecule has 10 rings (SSSR count). The Morgan fingerprint density at radius 1 is 0.689 bits per heavy atom. The molecule has 0 radical (unpaired) electrons. The highest BCUT2D eigenvalue weighted by Crippen LogP contribution is 2.64. The van der Waals surface area contributed by atoms with Crippen molar-refractivity contribution < 1.29 is 86.6 Å². The molecular weight excluding hydrogens is 1160 g/mol. The summed E-state index contributed by atoms with van der Waals surface area (Å²) in [5, 5.41) is 33.5. The van der Waals surface area contributed by atoms with Crippen molar-refractivity contribution in [2.75, 3.05) is 6.61 Å². The first-order valence-corrected chi connectivity index (χ1v) is 29.1. The average Bonchev–Trinajstić information content (AvgIpc) is 0.874. The number of benzene rings is 5. The number of aliphatic hydroxyl groups is 2. The molecule has 0 spiro atoms. The molecule has 466 valence electrons. The molecule has 2 saturated carbocycles. The fourth-order valence-electron chi connectivity index (χ4n) is 13.1. The molecular formula is C68H66N4O18. The predicted octanol–water partition coefficient (Wildman–Crippen LogP) is 6.18. The van der Waals surface area contributed by atoms with Crippen molar-refractivity contribution in [1.82, 2.24) is 15.6 Å². The van der Waals surface area contributed by atoms with Crippen molar-refractivity contribution >= 4 is 65.0 Å². The van der Waals surface area contributed by atoms with Crippen LogP contribution >= 0.6 is 0 Å². The third-order valence-electron chi connectivity index (χ3n) is 18.0. The van der Waals surface area contributed by atoms with Crippen LogP contribution in [-0.2, 0) is 63.7 Å². The van der Waals surface area contributed by atoms with Crippen LogP contribution in [0.15, 0.2) is 168 Å². The maximum atomic E-state index is 15.9. The summed E-state index contributed by atoms with van der Waals surface area (Å²) in [6, 6.07) is 34.4. The van der Waals surface area contributed by atoms with Gasteiger partial charge >= 0.3 is 29.8 Å². The summed E-state index contributed by atoms with van der Waals surface area (Å²) in [4.78, 5) is 140. The molecule has 5 aromatic rings. The summed E-state index contributed by atoms with van der Waals surface area (Å²) in [5.41, 5.74) is -3.90. The molecule has 4 N–H and O–H groups in total. The number of nitrogens with zero attached hydrogens (tertiary/aromatic N) is 2. The number of rotatable bonds is 17. The lowest BCUT2D eigenvalue weighted by molar-refractivity contribution is -0.346. The van der Waals surface area contributed by atoms with Gasteiger partial charge in [0, 0.05) is 55.4 Å². The van der Waals surface area contributed by atoms with Crippen LogP contribution in [0.25, 0.3) is 0 Å². The fourth-order valence-corrected chi connectivity index (χ4v) is 13.1. The molecule has 11 atom stereocenters. The zero-order chi connectivity index (χ0) is 64.6. The lowest BCUT2D eigenvalue weighted by Crippen LogP contribution is -2.82. The minimum absolute atomic E-state index is 0.0148. The molecule has 2 aliphatic heterocycles. The lowest BCUT2D eigenvalue weighted by atomic mass is 9.44. The second-order valence-corrected chi connectivity index (χ2v) is 23.7. The predicted molar refractivity (Wildman–Crippen MR) is 318 cm³/mol. The van der Waals surface area contributed by atoms with Crippen LogP contribution in [0, 0.1) is 16.7 Å². The molecule has 0 aromatic heterocycles. The largest absolute Gasteiger partial charge is 0.455 e. The third-order valence-corrected chi connectivity index (χ3v) is 18.0. The number of nitrogens with one attached hydrogen (secondary N) is 2. The molecule has 2 bridgehead atoms. The molecule has 0 unspecified atom stereocenters. The highest BCUT2D eigenvalue weighted by Gasteiger charge is 2.78. The number of ketones is 1. The van der Waals surface area contributed by atoms with E-state index >= 15 is 9.59 Å². The number of hydrazone groups is 1. The SMILES string of the molecule is CC(=O)O[C@H]1C(=O)[C@@]2(C)[C@H]([C@H](OC(=O)c3ccccc3)[C@]3(O)C[C@H](OC(=O)[C@H](OC(=O)c4ccc(/C(C)=N/NC(=O)c5ccc(CN6C(=O)C=CC6=O)cc5)cc4)[C@@H](NC(=O)c4ccccc4)c4ccccc4)C(C)=C1C3(C)C)[C@]1(OC(C)=O)CO[C@@H]1C[C@@H]2O. The van der Waals surface area contributed by atoms with E-state index in [0.29, 0.717) is 16.8 Å². The number of fused-ring (bicyclic) bond motifs is 5. The minimum atomic E-state index is -2.53. The summed E-state index contributed by atoms with van der Waals surface area (Å²) < 4.78 is 37.3. The fraction of sp³-hybridized carbons (Fsp3) is 0.338. The van der Waals surface area contributed by atoms with Gasteiger partial charge in [-0.1, -0.05) is 105 Å². The number of carbonyl (C=O) groups excluding carboxylic acids is 10. The zero-order valence-corrected chi connectivity index (χ0v) is 50.2. The number of carbonyl (C=O) groups is 10. The van der Waals surface area contributed by atoms with Gasteiger partial charge in [-0.2, -0.15) is 5.10 Å². The van der Waals surface area contributed by atoms with E-state index in [2.05, 4.69) is 15.8 Å². The van der Waals surface area contributed by atoms with Gasteiger partial charge in [0.1, 0.15) is 30.0 Å². The van der Waals surface area contributed by atoms with Crippen molar-refractivity contribution in [1.29, 1.82) is 0 Å². The maximum Gasteiger partial charge on any atom is 0.350 e. The molecule has 5 aromatic carbocycles. The second kappa shape index (κ2) is 25.0. The van der Waals surface area contributed by atoms with Crippen LogP contribution in [0.1, 0.15) is 125 Å². The molecule has 5 aliphatic rings. The molecule has 2 heterocycles. The number of aliphatic hydroxyl groups excluding tert-OH is 1. The van der Waals surface area contributed by atoms with E-state index in [1.54, 1.807) is 85.8 Å². The Bertz CT molecular complexity index is 3780.